The first kappa shape index (κ1) is 22.3. The van der Waals surface area contributed by atoms with Crippen molar-refractivity contribution in [3.63, 3.8) is 0 Å². The van der Waals surface area contributed by atoms with Gasteiger partial charge in [0.1, 0.15) is 11.8 Å². The van der Waals surface area contributed by atoms with Crippen molar-refractivity contribution in [3.05, 3.63) is 54.1 Å². The van der Waals surface area contributed by atoms with Gasteiger partial charge in [-0.05, 0) is 61.6 Å². The third-order valence-corrected chi connectivity index (χ3v) is 7.64. The molecule has 3 unspecified atom stereocenters. The van der Waals surface area contributed by atoms with E-state index >= 15 is 0 Å². The van der Waals surface area contributed by atoms with Gasteiger partial charge in [0.25, 0.3) is 5.91 Å². The van der Waals surface area contributed by atoms with E-state index in [4.69, 9.17) is 4.74 Å². The van der Waals surface area contributed by atoms with E-state index in [-0.39, 0.29) is 22.8 Å². The van der Waals surface area contributed by atoms with Crippen LogP contribution in [0, 0.1) is 5.92 Å². The first-order valence-corrected chi connectivity index (χ1v) is 12.8. The summed E-state index contributed by atoms with van der Waals surface area (Å²) < 4.78 is 28.8. The molecular formula is C24H28N2O5S. The summed E-state index contributed by atoms with van der Waals surface area (Å²) in [5, 5.41) is 2.88. The average Bonchev–Trinajstić information content (AvgIpc) is 3.18. The molecule has 4 rings (SSSR count). The number of hydrogen-bond acceptors (Lipinski definition) is 5. The van der Waals surface area contributed by atoms with Crippen LogP contribution in [0.3, 0.4) is 0 Å². The minimum absolute atomic E-state index is 0.0320. The fourth-order valence-electron chi connectivity index (χ4n) is 4.96. The highest BCUT2D eigenvalue weighted by Crippen LogP contribution is 2.41. The van der Waals surface area contributed by atoms with Gasteiger partial charge in [0.2, 0.25) is 5.91 Å². The molecule has 2 amide bonds. The number of amides is 2. The summed E-state index contributed by atoms with van der Waals surface area (Å²) in [4.78, 5) is 28.8. The van der Waals surface area contributed by atoms with Crippen LogP contribution < -0.4 is 10.1 Å². The topological polar surface area (TPSA) is 92.8 Å². The third-order valence-electron chi connectivity index (χ3n) is 6.51. The zero-order valence-electron chi connectivity index (χ0n) is 18.3. The number of para-hydroxylation sites is 1. The number of rotatable bonds is 5. The number of methoxy groups -OCH3 is 1. The molecule has 2 aliphatic rings. The number of ether oxygens (including phenoxy) is 1. The van der Waals surface area contributed by atoms with Crippen LogP contribution in [-0.4, -0.2) is 50.6 Å². The average molecular weight is 457 g/mol. The number of nitrogens with zero attached hydrogens (tertiary/aromatic N) is 1. The summed E-state index contributed by atoms with van der Waals surface area (Å²) in [6, 6.07) is 12.6. The van der Waals surface area contributed by atoms with Crippen molar-refractivity contribution in [1.29, 1.82) is 0 Å². The molecule has 3 atom stereocenters. The van der Waals surface area contributed by atoms with E-state index in [0.29, 0.717) is 29.3 Å². The Kier molecular flexibility index (Phi) is 6.24. The summed E-state index contributed by atoms with van der Waals surface area (Å²) >= 11 is 0. The molecular weight excluding hydrogens is 428 g/mol. The Labute approximate surface area is 188 Å². The highest BCUT2D eigenvalue weighted by atomic mass is 32.2. The molecule has 7 nitrogen and oxygen atoms in total. The largest absolute Gasteiger partial charge is 0.496 e. The summed E-state index contributed by atoms with van der Waals surface area (Å²) in [5.41, 5.74) is 0.957. The summed E-state index contributed by atoms with van der Waals surface area (Å²) in [6.07, 6.45) is 5.81. The Bertz CT molecular complexity index is 1110. The number of sulfone groups is 1. The van der Waals surface area contributed by atoms with Crippen LogP contribution in [0.25, 0.3) is 0 Å². The minimum Gasteiger partial charge on any atom is -0.496 e. The first-order valence-electron chi connectivity index (χ1n) is 10.9. The summed E-state index contributed by atoms with van der Waals surface area (Å²) in [7, 11) is -1.78. The molecule has 2 aromatic carbocycles. The van der Waals surface area contributed by atoms with Gasteiger partial charge in [-0.2, -0.15) is 0 Å². The van der Waals surface area contributed by atoms with Crippen LogP contribution in [0.2, 0.25) is 0 Å². The smallest absolute Gasteiger partial charge is 0.258 e. The van der Waals surface area contributed by atoms with Crippen LogP contribution in [0.4, 0.5) is 5.69 Å². The van der Waals surface area contributed by atoms with E-state index in [1.165, 1.54) is 19.2 Å². The van der Waals surface area contributed by atoms with Gasteiger partial charge < -0.3 is 15.0 Å². The van der Waals surface area contributed by atoms with Gasteiger partial charge in [-0.15, -0.1) is 0 Å². The second-order valence-corrected chi connectivity index (χ2v) is 10.6. The molecule has 2 fully saturated rings. The maximum atomic E-state index is 13.6. The Morgan fingerprint density at radius 1 is 1.03 bits per heavy atom. The monoisotopic (exact) mass is 456 g/mol. The highest BCUT2D eigenvalue weighted by molar-refractivity contribution is 7.90. The van der Waals surface area contributed by atoms with Crippen molar-refractivity contribution in [1.82, 2.24) is 4.90 Å². The van der Waals surface area contributed by atoms with E-state index in [1.807, 2.05) is 6.07 Å². The second kappa shape index (κ2) is 8.94. The van der Waals surface area contributed by atoms with Gasteiger partial charge in [0.15, 0.2) is 9.84 Å². The van der Waals surface area contributed by atoms with Crippen molar-refractivity contribution in [2.45, 2.75) is 49.1 Å². The molecule has 1 heterocycles. The molecule has 0 aromatic heterocycles. The lowest BCUT2D eigenvalue weighted by Gasteiger charge is -2.34. The third kappa shape index (κ3) is 4.37. The van der Waals surface area contributed by atoms with E-state index in [9.17, 15) is 18.0 Å². The molecule has 170 valence electrons. The van der Waals surface area contributed by atoms with Crippen LogP contribution in [-0.2, 0) is 14.6 Å². The van der Waals surface area contributed by atoms with Gasteiger partial charge in [-0.3, -0.25) is 9.59 Å². The number of nitrogens with one attached hydrogen (secondary N) is 1. The van der Waals surface area contributed by atoms with Gasteiger partial charge in [-0.25, -0.2) is 8.42 Å². The molecule has 2 aromatic rings. The van der Waals surface area contributed by atoms with Gasteiger partial charge in [0.05, 0.1) is 17.6 Å². The van der Waals surface area contributed by atoms with Crippen molar-refractivity contribution in [2.75, 3.05) is 18.7 Å². The molecule has 0 radical (unpaired) electrons. The molecule has 1 aliphatic carbocycles. The Morgan fingerprint density at radius 3 is 2.41 bits per heavy atom. The lowest BCUT2D eigenvalue weighted by molar-refractivity contribution is -0.120. The van der Waals surface area contributed by atoms with Crippen LogP contribution >= 0.6 is 0 Å². The lowest BCUT2D eigenvalue weighted by atomic mass is 9.84. The Morgan fingerprint density at radius 2 is 1.72 bits per heavy atom. The zero-order valence-corrected chi connectivity index (χ0v) is 19.1. The minimum atomic E-state index is -3.31. The summed E-state index contributed by atoms with van der Waals surface area (Å²) in [5.74, 6) is 0.345. The number of anilines is 1. The van der Waals surface area contributed by atoms with Crippen molar-refractivity contribution in [3.8, 4) is 5.75 Å². The molecule has 32 heavy (non-hydrogen) atoms. The predicted octanol–water partition coefficient (Wildman–Crippen LogP) is 3.51. The molecule has 1 N–H and O–H groups in total. The number of carbonyl (C=O) groups is 2. The predicted molar refractivity (Wildman–Crippen MR) is 121 cm³/mol. The van der Waals surface area contributed by atoms with Crippen molar-refractivity contribution >= 4 is 27.3 Å². The standard InChI is InChI=1S/C24H28N2O5S/c1-31-22-10-6-4-8-19(22)24(28)26-20-9-5-3-7-16(20)15-21(26)23(27)25-17-11-13-18(14-12-17)32(2,29)30/h4,6,8,10-14,16,20-21H,3,5,7,9,15H2,1-2H3,(H,25,27). The fraction of sp³-hybridized carbons (Fsp3) is 0.417. The fourth-order valence-corrected chi connectivity index (χ4v) is 5.59. The molecule has 1 aliphatic heterocycles. The van der Waals surface area contributed by atoms with Crippen LogP contribution in [0.5, 0.6) is 5.75 Å². The Hall–Kier alpha value is -2.87. The molecule has 8 heteroatoms. The highest BCUT2D eigenvalue weighted by Gasteiger charge is 2.48. The van der Waals surface area contributed by atoms with Gasteiger partial charge in [0, 0.05) is 18.0 Å². The van der Waals surface area contributed by atoms with E-state index < -0.39 is 15.9 Å². The maximum absolute atomic E-state index is 13.6. The second-order valence-electron chi connectivity index (χ2n) is 8.56. The zero-order chi connectivity index (χ0) is 22.9. The van der Waals surface area contributed by atoms with Crippen LogP contribution in [0.1, 0.15) is 42.5 Å². The molecule has 1 saturated carbocycles. The van der Waals surface area contributed by atoms with Crippen molar-refractivity contribution in [2.24, 2.45) is 5.92 Å². The number of carbonyl (C=O) groups excluding carboxylic acids is 2. The number of likely N-dealkylation sites (tertiary alicyclic amines) is 1. The molecule has 1 saturated heterocycles. The normalized spacial score (nSPS) is 22.8. The maximum Gasteiger partial charge on any atom is 0.258 e. The van der Waals surface area contributed by atoms with Crippen molar-refractivity contribution < 1.29 is 22.7 Å². The number of hydrogen-bond donors (Lipinski definition) is 1. The van der Waals surface area contributed by atoms with Gasteiger partial charge in [-0.1, -0.05) is 25.0 Å². The molecule has 0 bridgehead atoms. The molecule has 0 spiro atoms. The SMILES string of the molecule is COc1ccccc1C(=O)N1C(C(=O)Nc2ccc(S(C)(=O)=O)cc2)CC2CCCCC21. The first-order chi connectivity index (χ1) is 15.3. The lowest BCUT2D eigenvalue weighted by Crippen LogP contribution is -2.48. The number of benzene rings is 2. The van der Waals surface area contributed by atoms with E-state index in [0.717, 1.165) is 31.9 Å². The van der Waals surface area contributed by atoms with Crippen LogP contribution in [0.15, 0.2) is 53.4 Å². The van der Waals surface area contributed by atoms with E-state index in [2.05, 4.69) is 5.32 Å². The van der Waals surface area contributed by atoms with Gasteiger partial charge >= 0.3 is 0 Å². The summed E-state index contributed by atoms with van der Waals surface area (Å²) in [6.45, 7) is 0. The van der Waals surface area contributed by atoms with E-state index in [1.54, 1.807) is 35.2 Å². The quantitative estimate of drug-likeness (QED) is 0.743. The number of fused-ring (bicyclic) bond motifs is 1. The Balaban J connectivity index is 1.60.